The summed E-state index contributed by atoms with van der Waals surface area (Å²) in [5.74, 6) is 3.10. The monoisotopic (exact) mass is 520 g/mol. The minimum Gasteiger partial charge on any atom is -0.479 e. The molecule has 4 aromatic rings. The van der Waals surface area contributed by atoms with Gasteiger partial charge in [0, 0.05) is 20.1 Å². The molecule has 2 saturated heterocycles. The molecule has 6 rings (SSSR count). The summed E-state index contributed by atoms with van der Waals surface area (Å²) in [4.78, 5) is 19.7. The third kappa shape index (κ3) is 4.48. The van der Waals surface area contributed by atoms with Crippen LogP contribution < -0.4 is 9.64 Å². The molecule has 1 aromatic carbocycles. The van der Waals surface area contributed by atoms with Gasteiger partial charge >= 0.3 is 0 Å². The largest absolute Gasteiger partial charge is 0.479 e. The number of aliphatic hydroxyl groups is 1. The number of nitrogens with zero attached hydrogens (tertiary/aromatic N) is 8. The predicted octanol–water partition coefficient (Wildman–Crippen LogP) is 2.53. The van der Waals surface area contributed by atoms with Crippen molar-refractivity contribution in [3.05, 3.63) is 30.1 Å². The molecule has 0 atom stereocenters. The molecular weight excluding hydrogens is 484 g/mol. The highest BCUT2D eigenvalue weighted by Gasteiger charge is 2.31. The zero-order chi connectivity index (χ0) is 26.4. The summed E-state index contributed by atoms with van der Waals surface area (Å²) in [7, 11) is 3.65. The van der Waals surface area contributed by atoms with Gasteiger partial charge in [0.2, 0.25) is 5.88 Å². The van der Waals surface area contributed by atoms with E-state index in [1.807, 2.05) is 45.2 Å². The van der Waals surface area contributed by atoms with E-state index in [0.717, 1.165) is 79.3 Å². The van der Waals surface area contributed by atoms with Crippen LogP contribution in [0.2, 0.25) is 0 Å². The Bertz CT molecular complexity index is 1440. The van der Waals surface area contributed by atoms with Crippen LogP contribution >= 0.6 is 0 Å². The van der Waals surface area contributed by atoms with Gasteiger partial charge in [-0.25, -0.2) is 4.98 Å². The van der Waals surface area contributed by atoms with Crippen LogP contribution in [0.15, 0.2) is 24.3 Å². The van der Waals surface area contributed by atoms with Crippen LogP contribution in [0.25, 0.3) is 28.0 Å². The first kappa shape index (κ1) is 25.0. The van der Waals surface area contributed by atoms with Crippen LogP contribution in [0.4, 0.5) is 5.82 Å². The van der Waals surface area contributed by atoms with Crippen LogP contribution in [0, 0.1) is 5.92 Å². The van der Waals surface area contributed by atoms with Crippen molar-refractivity contribution in [2.75, 3.05) is 51.4 Å². The number of likely N-dealkylation sites (tertiary alicyclic amines) is 1. The molecular formula is C27H36N8O3. The molecule has 11 heteroatoms. The van der Waals surface area contributed by atoms with Gasteiger partial charge < -0.3 is 24.0 Å². The summed E-state index contributed by atoms with van der Waals surface area (Å²) in [5, 5.41) is 16.0. The SMILES string of the molecule is COc1nn(-c2nc(N3CCOCC3)c3nc(CN4CCC(C(C)(C)O)CC4)n(C)c3n2)c2ccccc12. The van der Waals surface area contributed by atoms with Crippen LogP contribution in [0.1, 0.15) is 32.5 Å². The van der Waals surface area contributed by atoms with E-state index in [1.54, 1.807) is 11.8 Å². The second-order valence-corrected chi connectivity index (χ2v) is 10.8. The second kappa shape index (κ2) is 9.79. The molecule has 2 aliphatic heterocycles. The molecule has 1 N–H and O–H groups in total. The maximum atomic E-state index is 10.4. The number of aromatic nitrogens is 6. The molecule has 0 amide bonds. The zero-order valence-electron chi connectivity index (χ0n) is 22.6. The molecule has 2 aliphatic rings. The highest BCUT2D eigenvalue weighted by atomic mass is 16.5. The lowest BCUT2D eigenvalue weighted by Crippen LogP contribution is -2.41. The minimum absolute atomic E-state index is 0.321. The van der Waals surface area contributed by atoms with Gasteiger partial charge in [-0.15, -0.1) is 5.10 Å². The molecule has 2 fully saturated rings. The van der Waals surface area contributed by atoms with Crippen molar-refractivity contribution in [1.29, 1.82) is 0 Å². The number of morpholine rings is 1. The van der Waals surface area contributed by atoms with Crippen molar-refractivity contribution in [1.82, 2.24) is 34.2 Å². The Kier molecular flexibility index (Phi) is 6.45. The van der Waals surface area contributed by atoms with Gasteiger partial charge in [0.1, 0.15) is 5.82 Å². The van der Waals surface area contributed by atoms with Crippen molar-refractivity contribution < 1.29 is 14.6 Å². The van der Waals surface area contributed by atoms with E-state index in [4.69, 9.17) is 29.5 Å². The number of ether oxygens (including phenoxy) is 2. The van der Waals surface area contributed by atoms with E-state index in [9.17, 15) is 5.11 Å². The maximum absolute atomic E-state index is 10.4. The zero-order valence-corrected chi connectivity index (χ0v) is 22.6. The number of hydrogen-bond donors (Lipinski definition) is 1. The van der Waals surface area contributed by atoms with Crippen LogP contribution in [-0.4, -0.2) is 91.4 Å². The first-order chi connectivity index (χ1) is 18.3. The Balaban J connectivity index is 1.41. The number of benzene rings is 1. The molecule has 0 radical (unpaired) electrons. The lowest BCUT2D eigenvalue weighted by molar-refractivity contribution is -0.0139. The Morgan fingerprint density at radius 3 is 2.50 bits per heavy atom. The Labute approximate surface area is 222 Å². The number of hydrogen-bond acceptors (Lipinski definition) is 9. The van der Waals surface area contributed by atoms with Gasteiger partial charge in [0.05, 0.1) is 43.4 Å². The summed E-state index contributed by atoms with van der Waals surface area (Å²) in [6.07, 6.45) is 1.95. The van der Waals surface area contributed by atoms with E-state index < -0.39 is 5.60 Å². The fourth-order valence-electron chi connectivity index (χ4n) is 5.65. The second-order valence-electron chi connectivity index (χ2n) is 10.8. The number of methoxy groups -OCH3 is 1. The van der Waals surface area contributed by atoms with Crippen molar-refractivity contribution >= 4 is 27.9 Å². The van der Waals surface area contributed by atoms with Crippen molar-refractivity contribution in [3.63, 3.8) is 0 Å². The number of rotatable bonds is 6. The summed E-state index contributed by atoms with van der Waals surface area (Å²) >= 11 is 0. The quantitative estimate of drug-likeness (QED) is 0.410. The van der Waals surface area contributed by atoms with Gasteiger partial charge in [0.15, 0.2) is 17.0 Å². The number of imidazole rings is 1. The molecule has 11 nitrogen and oxygen atoms in total. The van der Waals surface area contributed by atoms with Gasteiger partial charge in [0.25, 0.3) is 5.95 Å². The highest BCUT2D eigenvalue weighted by molar-refractivity contribution is 5.87. The highest BCUT2D eigenvalue weighted by Crippen LogP contribution is 2.31. The minimum atomic E-state index is -0.637. The molecule has 38 heavy (non-hydrogen) atoms. The van der Waals surface area contributed by atoms with E-state index >= 15 is 0 Å². The average molecular weight is 521 g/mol. The lowest BCUT2D eigenvalue weighted by atomic mass is 9.83. The molecule has 0 bridgehead atoms. The molecule has 0 saturated carbocycles. The lowest BCUT2D eigenvalue weighted by Gasteiger charge is -2.37. The fourth-order valence-corrected chi connectivity index (χ4v) is 5.65. The first-order valence-corrected chi connectivity index (χ1v) is 13.4. The number of para-hydroxylation sites is 1. The van der Waals surface area contributed by atoms with Gasteiger partial charge in [-0.2, -0.15) is 14.6 Å². The standard InChI is InChI=1S/C27H36N8O3/c1-27(2,36)18-9-11-33(12-10-18)17-21-28-22-23(32(21)3)29-26(30-24(22)34-13-15-38-16-14-34)35-20-8-6-5-7-19(20)25(31-35)37-4/h5-8,18,36H,9-17H2,1-4H3. The van der Waals surface area contributed by atoms with Crippen molar-refractivity contribution in [2.24, 2.45) is 13.0 Å². The predicted molar refractivity (Wildman–Crippen MR) is 145 cm³/mol. The van der Waals surface area contributed by atoms with E-state index in [2.05, 4.69) is 14.4 Å². The Hall–Kier alpha value is -3.28. The first-order valence-electron chi connectivity index (χ1n) is 13.4. The van der Waals surface area contributed by atoms with Gasteiger partial charge in [-0.05, 0) is 57.8 Å². The van der Waals surface area contributed by atoms with Crippen LogP contribution in [-0.2, 0) is 18.3 Å². The number of piperidine rings is 1. The third-order valence-electron chi connectivity index (χ3n) is 7.98. The van der Waals surface area contributed by atoms with Crippen LogP contribution in [0.3, 0.4) is 0 Å². The Morgan fingerprint density at radius 2 is 1.79 bits per heavy atom. The normalized spacial score (nSPS) is 18.1. The van der Waals surface area contributed by atoms with E-state index in [1.165, 1.54) is 0 Å². The summed E-state index contributed by atoms with van der Waals surface area (Å²) in [6.45, 7) is 9.21. The van der Waals surface area contributed by atoms with Crippen LogP contribution in [0.5, 0.6) is 5.88 Å². The number of fused-ring (bicyclic) bond motifs is 2. The molecule has 0 spiro atoms. The molecule has 0 unspecified atom stereocenters. The summed E-state index contributed by atoms with van der Waals surface area (Å²) in [6, 6.07) is 7.93. The van der Waals surface area contributed by atoms with Crippen molar-refractivity contribution in [2.45, 2.75) is 38.8 Å². The smallest absolute Gasteiger partial charge is 0.255 e. The third-order valence-corrected chi connectivity index (χ3v) is 7.98. The summed E-state index contributed by atoms with van der Waals surface area (Å²) in [5.41, 5.74) is 1.82. The number of aryl methyl sites for hydroxylation is 1. The van der Waals surface area contributed by atoms with Gasteiger partial charge in [-0.3, -0.25) is 4.90 Å². The van der Waals surface area contributed by atoms with E-state index in [-0.39, 0.29) is 0 Å². The average Bonchev–Trinajstić information content (AvgIpc) is 3.46. The maximum Gasteiger partial charge on any atom is 0.255 e. The van der Waals surface area contributed by atoms with Gasteiger partial charge in [-0.1, -0.05) is 12.1 Å². The topological polar surface area (TPSA) is 107 Å². The van der Waals surface area contributed by atoms with Crippen molar-refractivity contribution in [3.8, 4) is 11.8 Å². The molecule has 0 aliphatic carbocycles. The Morgan fingerprint density at radius 1 is 1.05 bits per heavy atom. The fraction of sp³-hybridized carbons (Fsp3) is 0.556. The van der Waals surface area contributed by atoms with E-state index in [0.29, 0.717) is 31.0 Å². The molecule has 202 valence electrons. The summed E-state index contributed by atoms with van der Waals surface area (Å²) < 4.78 is 15.0. The molecule has 5 heterocycles. The molecule has 3 aromatic heterocycles. The number of anilines is 1.